The highest BCUT2D eigenvalue weighted by molar-refractivity contribution is 6.01. The van der Waals surface area contributed by atoms with Crippen molar-refractivity contribution in [3.63, 3.8) is 0 Å². The van der Waals surface area contributed by atoms with Crippen LogP contribution in [0.3, 0.4) is 0 Å². The molecule has 0 N–H and O–H groups in total. The first-order chi connectivity index (χ1) is 11.2. The second kappa shape index (κ2) is 6.10. The van der Waals surface area contributed by atoms with Gasteiger partial charge in [0.05, 0.1) is 12.6 Å². The van der Waals surface area contributed by atoms with Gasteiger partial charge in [-0.3, -0.25) is 14.2 Å². The van der Waals surface area contributed by atoms with Crippen molar-refractivity contribution >= 4 is 16.8 Å². The van der Waals surface area contributed by atoms with Gasteiger partial charge in [-0.15, -0.1) is 0 Å². The summed E-state index contributed by atoms with van der Waals surface area (Å²) in [4.78, 5) is 18.3. The summed E-state index contributed by atoms with van der Waals surface area (Å²) in [5.41, 5.74) is 0.919. The number of nitrogens with zero attached hydrogens (tertiary/aromatic N) is 2. The molecule has 1 atom stereocenters. The normalized spacial score (nSPS) is 19.8. The molecule has 1 aliphatic rings. The SMILES string of the molecule is CCC#CC1(CCCC)N(OC)C(=O)c2cc3ccccc3n21. The van der Waals surface area contributed by atoms with Gasteiger partial charge in [0.2, 0.25) is 5.66 Å². The molecular weight excluding hydrogens is 288 g/mol. The Bertz CT molecular complexity index is 797. The van der Waals surface area contributed by atoms with Crippen molar-refractivity contribution in [1.29, 1.82) is 0 Å². The maximum Gasteiger partial charge on any atom is 0.297 e. The van der Waals surface area contributed by atoms with Gasteiger partial charge in [0.25, 0.3) is 5.91 Å². The molecule has 1 unspecified atom stereocenters. The van der Waals surface area contributed by atoms with Gasteiger partial charge in [0, 0.05) is 18.2 Å². The van der Waals surface area contributed by atoms with Crippen LogP contribution in [-0.2, 0) is 10.5 Å². The molecule has 4 heteroatoms. The molecule has 0 saturated heterocycles. The van der Waals surface area contributed by atoms with E-state index in [1.165, 1.54) is 5.06 Å². The monoisotopic (exact) mass is 310 g/mol. The summed E-state index contributed by atoms with van der Waals surface area (Å²) in [5, 5.41) is 2.51. The summed E-state index contributed by atoms with van der Waals surface area (Å²) >= 11 is 0. The van der Waals surface area contributed by atoms with E-state index in [0.29, 0.717) is 5.69 Å². The molecule has 2 aromatic rings. The maximum atomic E-state index is 12.9. The van der Waals surface area contributed by atoms with Crippen molar-refractivity contribution in [2.24, 2.45) is 0 Å². The molecule has 0 fully saturated rings. The Morgan fingerprint density at radius 1 is 1.26 bits per heavy atom. The molecular formula is C19H22N2O2. The van der Waals surface area contributed by atoms with Crippen molar-refractivity contribution in [1.82, 2.24) is 9.63 Å². The highest BCUT2D eigenvalue weighted by Crippen LogP contribution is 2.41. The van der Waals surface area contributed by atoms with Gasteiger partial charge in [0.1, 0.15) is 5.69 Å². The van der Waals surface area contributed by atoms with Crippen LogP contribution in [0.15, 0.2) is 30.3 Å². The summed E-state index contributed by atoms with van der Waals surface area (Å²) in [7, 11) is 1.54. The number of unbranched alkanes of at least 4 members (excludes halogenated alkanes) is 1. The summed E-state index contributed by atoms with van der Waals surface area (Å²) in [6.07, 6.45) is 3.50. The minimum absolute atomic E-state index is 0.120. The van der Waals surface area contributed by atoms with Crippen LogP contribution in [0.25, 0.3) is 10.9 Å². The van der Waals surface area contributed by atoms with Gasteiger partial charge in [0.15, 0.2) is 0 Å². The lowest BCUT2D eigenvalue weighted by atomic mass is 10.0. The predicted octanol–water partition coefficient (Wildman–Crippen LogP) is 3.91. The van der Waals surface area contributed by atoms with E-state index in [-0.39, 0.29) is 5.91 Å². The topological polar surface area (TPSA) is 34.5 Å². The van der Waals surface area contributed by atoms with Crippen LogP contribution >= 0.6 is 0 Å². The smallest absolute Gasteiger partial charge is 0.297 e. The molecule has 2 heterocycles. The van der Waals surface area contributed by atoms with Gasteiger partial charge in [-0.05, 0) is 24.5 Å². The number of rotatable bonds is 4. The van der Waals surface area contributed by atoms with Gasteiger partial charge < -0.3 is 0 Å². The molecule has 120 valence electrons. The van der Waals surface area contributed by atoms with Gasteiger partial charge in [-0.2, -0.15) is 5.06 Å². The third-order valence-electron chi connectivity index (χ3n) is 4.35. The number of para-hydroxylation sites is 1. The van der Waals surface area contributed by atoms with Crippen LogP contribution in [0.2, 0.25) is 0 Å². The summed E-state index contributed by atoms with van der Waals surface area (Å²) in [6.45, 7) is 4.16. The first-order valence-electron chi connectivity index (χ1n) is 8.19. The molecule has 0 bridgehead atoms. The largest absolute Gasteiger partial charge is 0.300 e. The van der Waals surface area contributed by atoms with Gasteiger partial charge in [-0.1, -0.05) is 44.4 Å². The molecule has 0 saturated carbocycles. The Balaban J connectivity index is 2.29. The maximum absolute atomic E-state index is 12.9. The van der Waals surface area contributed by atoms with Crippen molar-refractivity contribution in [2.45, 2.75) is 45.2 Å². The second-order valence-corrected chi connectivity index (χ2v) is 5.78. The minimum Gasteiger partial charge on any atom is -0.300 e. The number of amides is 1. The van der Waals surface area contributed by atoms with E-state index >= 15 is 0 Å². The number of fused-ring (bicyclic) bond motifs is 3. The fraction of sp³-hybridized carbons (Fsp3) is 0.421. The fourth-order valence-corrected chi connectivity index (χ4v) is 3.34. The van der Waals surface area contributed by atoms with E-state index < -0.39 is 5.66 Å². The first kappa shape index (κ1) is 15.6. The number of carbonyl (C=O) groups is 1. The van der Waals surface area contributed by atoms with E-state index in [4.69, 9.17) is 4.84 Å². The van der Waals surface area contributed by atoms with Crippen LogP contribution < -0.4 is 0 Å². The molecule has 4 nitrogen and oxygen atoms in total. The summed E-state index contributed by atoms with van der Waals surface area (Å²) in [5.74, 6) is 6.39. The Morgan fingerprint density at radius 3 is 2.74 bits per heavy atom. The van der Waals surface area contributed by atoms with Crippen LogP contribution in [0.1, 0.15) is 50.0 Å². The zero-order valence-electron chi connectivity index (χ0n) is 13.9. The Hall–Kier alpha value is -2.25. The molecule has 1 aromatic carbocycles. The molecule has 1 aromatic heterocycles. The molecule has 3 rings (SSSR count). The van der Waals surface area contributed by atoms with E-state index in [1.807, 2.05) is 37.3 Å². The highest BCUT2D eigenvalue weighted by Gasteiger charge is 2.50. The summed E-state index contributed by atoms with van der Waals surface area (Å²) < 4.78 is 2.06. The van der Waals surface area contributed by atoms with Crippen molar-refractivity contribution in [2.75, 3.05) is 7.11 Å². The lowest BCUT2D eigenvalue weighted by Gasteiger charge is -2.34. The van der Waals surface area contributed by atoms with Gasteiger partial charge >= 0.3 is 0 Å². The fourth-order valence-electron chi connectivity index (χ4n) is 3.34. The average Bonchev–Trinajstić information content (AvgIpc) is 3.06. The van der Waals surface area contributed by atoms with Crippen molar-refractivity contribution < 1.29 is 9.63 Å². The second-order valence-electron chi connectivity index (χ2n) is 5.78. The van der Waals surface area contributed by atoms with Crippen LogP contribution in [0.5, 0.6) is 0 Å². The lowest BCUT2D eigenvalue weighted by molar-refractivity contribution is -0.160. The molecule has 23 heavy (non-hydrogen) atoms. The number of aromatic nitrogens is 1. The van der Waals surface area contributed by atoms with Crippen LogP contribution in [0.4, 0.5) is 0 Å². The third-order valence-corrected chi connectivity index (χ3v) is 4.35. The number of carbonyl (C=O) groups excluding carboxylic acids is 1. The number of hydrogen-bond donors (Lipinski definition) is 0. The van der Waals surface area contributed by atoms with Crippen LogP contribution in [-0.4, -0.2) is 22.6 Å². The summed E-state index contributed by atoms with van der Waals surface area (Å²) in [6, 6.07) is 9.99. The van der Waals surface area contributed by atoms with Crippen molar-refractivity contribution in [3.05, 3.63) is 36.0 Å². The lowest BCUT2D eigenvalue weighted by Crippen LogP contribution is -2.45. The molecule has 0 aliphatic carbocycles. The molecule has 1 amide bonds. The number of hydroxylamine groups is 2. The zero-order chi connectivity index (χ0) is 16.4. The minimum atomic E-state index is -0.754. The molecule has 0 radical (unpaired) electrons. The van der Waals surface area contributed by atoms with E-state index in [0.717, 1.165) is 36.6 Å². The number of hydrogen-bond acceptors (Lipinski definition) is 2. The Labute approximate surface area is 137 Å². The van der Waals surface area contributed by atoms with E-state index in [9.17, 15) is 4.79 Å². The highest BCUT2D eigenvalue weighted by atomic mass is 16.7. The average molecular weight is 310 g/mol. The number of benzene rings is 1. The van der Waals surface area contributed by atoms with E-state index in [1.54, 1.807) is 7.11 Å². The predicted molar refractivity (Wildman–Crippen MR) is 90.7 cm³/mol. The van der Waals surface area contributed by atoms with Crippen molar-refractivity contribution in [3.8, 4) is 11.8 Å². The van der Waals surface area contributed by atoms with Gasteiger partial charge in [-0.25, -0.2) is 0 Å². The quantitative estimate of drug-likeness (QED) is 0.802. The van der Waals surface area contributed by atoms with E-state index in [2.05, 4.69) is 23.3 Å². The Morgan fingerprint density at radius 2 is 2.04 bits per heavy atom. The zero-order valence-corrected chi connectivity index (χ0v) is 13.9. The van der Waals surface area contributed by atoms with Crippen LogP contribution in [0, 0.1) is 11.8 Å². The standard InChI is InChI=1S/C19H22N2O2/c1-4-6-12-19(13-7-5-2)20-16-11-9-8-10-15(16)14-17(20)18(22)21(19)23-3/h8-11,14H,4-6,12H2,1-3H3. The third kappa shape index (κ3) is 2.24. The Kier molecular flexibility index (Phi) is 4.14. The molecule has 1 aliphatic heterocycles. The first-order valence-corrected chi connectivity index (χ1v) is 8.19. The molecule has 0 spiro atoms.